The summed E-state index contributed by atoms with van der Waals surface area (Å²) in [5.74, 6) is 0. The number of nitrogens with zero attached hydrogens (tertiary/aromatic N) is 1. The van der Waals surface area contributed by atoms with Gasteiger partial charge < -0.3 is 0 Å². The van der Waals surface area contributed by atoms with Gasteiger partial charge in [-0.1, -0.05) is 18.2 Å². The van der Waals surface area contributed by atoms with Gasteiger partial charge in [0, 0.05) is 17.8 Å². The lowest BCUT2D eigenvalue weighted by Crippen LogP contribution is -2.03. The summed E-state index contributed by atoms with van der Waals surface area (Å²) in [6.07, 6.45) is 6.49. The van der Waals surface area contributed by atoms with E-state index in [0.29, 0.717) is 0 Å². The van der Waals surface area contributed by atoms with Crippen molar-refractivity contribution in [1.82, 2.24) is 4.98 Å². The maximum absolute atomic E-state index is 4.56. The lowest BCUT2D eigenvalue weighted by Gasteiger charge is -2.12. The molecule has 0 unspecified atom stereocenters. The van der Waals surface area contributed by atoms with Crippen LogP contribution in [0.4, 0.5) is 0 Å². The monoisotopic (exact) mass is 159 g/mol. The van der Waals surface area contributed by atoms with Crippen LogP contribution >= 0.6 is 0 Å². The van der Waals surface area contributed by atoms with Gasteiger partial charge in [0.05, 0.1) is 0 Å². The van der Waals surface area contributed by atoms with Crippen LogP contribution in [0, 0.1) is 13.8 Å². The quantitative estimate of drug-likeness (QED) is 0.529. The zero-order chi connectivity index (χ0) is 8.55. The number of aryl methyl sites for hydroxylation is 2. The van der Waals surface area contributed by atoms with Crippen LogP contribution in [0.25, 0.3) is 0 Å². The van der Waals surface area contributed by atoms with Gasteiger partial charge in [-0.15, -0.1) is 0 Å². The van der Waals surface area contributed by atoms with E-state index in [9.17, 15) is 0 Å². The molecule has 1 heteroatoms. The molecule has 2 rings (SSSR count). The largest absolute Gasteiger partial charge is 0.257 e. The number of hydrogen-bond acceptors (Lipinski definition) is 1. The number of hydrogen-bond donors (Lipinski definition) is 0. The molecule has 0 atom stereocenters. The van der Waals surface area contributed by atoms with Gasteiger partial charge in [-0.05, 0) is 31.4 Å². The predicted molar refractivity (Wildman–Crippen MR) is 50.3 cm³/mol. The van der Waals surface area contributed by atoms with Crippen LogP contribution < -0.4 is 0 Å². The first-order valence-corrected chi connectivity index (χ1v) is 4.38. The number of allylic oxidation sites excluding steroid dienone is 2. The molecule has 1 heterocycles. The third-order valence-corrected chi connectivity index (χ3v) is 2.45. The molecule has 0 bridgehead atoms. The van der Waals surface area contributed by atoms with Crippen molar-refractivity contribution < 1.29 is 0 Å². The van der Waals surface area contributed by atoms with E-state index in [1.165, 1.54) is 22.5 Å². The fraction of sp³-hybridized carbons (Fsp3) is 0.364. The molecule has 1 aliphatic rings. The average molecular weight is 159 g/mol. The van der Waals surface area contributed by atoms with Crippen molar-refractivity contribution >= 4 is 0 Å². The van der Waals surface area contributed by atoms with E-state index in [-0.39, 0.29) is 0 Å². The summed E-state index contributed by atoms with van der Waals surface area (Å²) in [5.41, 5.74) is 5.15. The molecule has 0 aromatic carbocycles. The SMILES string of the molecule is Cc1cc2c(nc1C)CC=CC2. The molecule has 0 saturated carbocycles. The van der Waals surface area contributed by atoms with E-state index < -0.39 is 0 Å². The van der Waals surface area contributed by atoms with E-state index in [2.05, 4.69) is 37.0 Å². The summed E-state index contributed by atoms with van der Waals surface area (Å²) in [4.78, 5) is 4.56. The van der Waals surface area contributed by atoms with Gasteiger partial charge >= 0.3 is 0 Å². The second-order valence-electron chi connectivity index (χ2n) is 3.38. The minimum absolute atomic E-state index is 1.01. The second-order valence-corrected chi connectivity index (χ2v) is 3.38. The molecule has 12 heavy (non-hydrogen) atoms. The van der Waals surface area contributed by atoms with E-state index in [1.54, 1.807) is 0 Å². The van der Waals surface area contributed by atoms with Crippen molar-refractivity contribution in [2.75, 3.05) is 0 Å². The Hall–Kier alpha value is -1.11. The van der Waals surface area contributed by atoms with Crippen molar-refractivity contribution in [3.63, 3.8) is 0 Å². The summed E-state index contributed by atoms with van der Waals surface area (Å²) >= 11 is 0. The number of fused-ring (bicyclic) bond motifs is 1. The Morgan fingerprint density at radius 1 is 1.17 bits per heavy atom. The van der Waals surface area contributed by atoms with Crippen LogP contribution in [0.3, 0.4) is 0 Å². The zero-order valence-corrected chi connectivity index (χ0v) is 7.59. The predicted octanol–water partition coefficient (Wildman–Crippen LogP) is 2.35. The first kappa shape index (κ1) is 7.53. The van der Waals surface area contributed by atoms with E-state index in [4.69, 9.17) is 0 Å². The van der Waals surface area contributed by atoms with E-state index >= 15 is 0 Å². The highest BCUT2D eigenvalue weighted by Gasteiger charge is 2.07. The number of pyridine rings is 1. The van der Waals surface area contributed by atoms with Crippen LogP contribution in [0.1, 0.15) is 22.5 Å². The third kappa shape index (κ3) is 1.15. The topological polar surface area (TPSA) is 12.9 Å². The zero-order valence-electron chi connectivity index (χ0n) is 7.59. The molecule has 62 valence electrons. The molecule has 1 nitrogen and oxygen atoms in total. The molecule has 0 radical (unpaired) electrons. The summed E-state index contributed by atoms with van der Waals surface area (Å²) in [5, 5.41) is 0. The minimum Gasteiger partial charge on any atom is -0.257 e. The molecule has 0 aliphatic heterocycles. The highest BCUT2D eigenvalue weighted by molar-refractivity contribution is 5.34. The van der Waals surface area contributed by atoms with Crippen LogP contribution in [-0.2, 0) is 12.8 Å². The van der Waals surface area contributed by atoms with Crippen molar-refractivity contribution in [2.45, 2.75) is 26.7 Å². The fourth-order valence-corrected chi connectivity index (χ4v) is 1.57. The Labute approximate surface area is 73.1 Å². The lowest BCUT2D eigenvalue weighted by atomic mass is 10.00. The van der Waals surface area contributed by atoms with Gasteiger partial charge in [-0.2, -0.15) is 0 Å². The highest BCUT2D eigenvalue weighted by atomic mass is 14.7. The Kier molecular flexibility index (Phi) is 1.72. The molecule has 0 spiro atoms. The van der Waals surface area contributed by atoms with Gasteiger partial charge in [0.25, 0.3) is 0 Å². The Bertz CT molecular complexity index is 304. The maximum Gasteiger partial charge on any atom is 0.0479 e. The first-order valence-electron chi connectivity index (χ1n) is 4.38. The summed E-state index contributed by atoms with van der Waals surface area (Å²) < 4.78 is 0. The van der Waals surface area contributed by atoms with E-state index in [0.717, 1.165) is 12.8 Å². The normalized spacial score (nSPS) is 14.5. The molecular weight excluding hydrogens is 146 g/mol. The van der Waals surface area contributed by atoms with Gasteiger partial charge in [0.2, 0.25) is 0 Å². The molecule has 0 saturated heterocycles. The first-order chi connectivity index (χ1) is 5.77. The van der Waals surface area contributed by atoms with Gasteiger partial charge in [0.15, 0.2) is 0 Å². The molecule has 0 amide bonds. The maximum atomic E-state index is 4.56. The van der Waals surface area contributed by atoms with Gasteiger partial charge in [0.1, 0.15) is 0 Å². The molecule has 1 aliphatic carbocycles. The van der Waals surface area contributed by atoms with Crippen molar-refractivity contribution in [1.29, 1.82) is 0 Å². The van der Waals surface area contributed by atoms with Gasteiger partial charge in [-0.25, -0.2) is 0 Å². The van der Waals surface area contributed by atoms with Crippen molar-refractivity contribution in [3.05, 3.63) is 40.7 Å². The average Bonchev–Trinajstić information content (AvgIpc) is 2.07. The van der Waals surface area contributed by atoms with Crippen LogP contribution in [0.15, 0.2) is 18.2 Å². The molecular formula is C11H13N. The van der Waals surface area contributed by atoms with Crippen molar-refractivity contribution in [2.24, 2.45) is 0 Å². The Morgan fingerprint density at radius 3 is 2.75 bits per heavy atom. The fourth-order valence-electron chi connectivity index (χ4n) is 1.57. The van der Waals surface area contributed by atoms with Crippen LogP contribution in [-0.4, -0.2) is 4.98 Å². The lowest BCUT2D eigenvalue weighted by molar-refractivity contribution is 0.964. The van der Waals surface area contributed by atoms with Crippen LogP contribution in [0.2, 0.25) is 0 Å². The third-order valence-electron chi connectivity index (χ3n) is 2.45. The number of aromatic nitrogens is 1. The minimum atomic E-state index is 1.01. The van der Waals surface area contributed by atoms with E-state index in [1.807, 2.05) is 0 Å². The van der Waals surface area contributed by atoms with Crippen molar-refractivity contribution in [3.8, 4) is 0 Å². The summed E-state index contributed by atoms with van der Waals surface area (Å²) in [6, 6.07) is 2.27. The second kappa shape index (κ2) is 2.74. The number of rotatable bonds is 0. The standard InChI is InChI=1S/C11H13N/c1-8-7-10-5-3-4-6-11(10)12-9(8)2/h3-4,7H,5-6H2,1-2H3. The smallest absolute Gasteiger partial charge is 0.0479 e. The summed E-state index contributed by atoms with van der Waals surface area (Å²) in [6.45, 7) is 4.20. The molecule has 0 N–H and O–H groups in total. The highest BCUT2D eigenvalue weighted by Crippen LogP contribution is 2.17. The molecule has 1 aromatic rings. The summed E-state index contributed by atoms with van der Waals surface area (Å²) in [7, 11) is 0. The Morgan fingerprint density at radius 2 is 1.92 bits per heavy atom. The Balaban J connectivity index is 2.53. The van der Waals surface area contributed by atoms with Crippen LogP contribution in [0.5, 0.6) is 0 Å². The van der Waals surface area contributed by atoms with Gasteiger partial charge in [-0.3, -0.25) is 4.98 Å². The molecule has 0 fully saturated rings. The molecule has 1 aromatic heterocycles.